The second-order valence-electron chi connectivity index (χ2n) is 28.0. The molecule has 0 N–H and O–H groups in total. The molecule has 0 radical (unpaired) electrons. The number of phosphoric acid groups is 1. The van der Waals surface area contributed by atoms with Gasteiger partial charge in [0.15, 0.2) is 6.10 Å². The third-order valence-corrected chi connectivity index (χ3v) is 18.6. The van der Waals surface area contributed by atoms with Crippen LogP contribution in [0.3, 0.4) is 0 Å². The highest BCUT2D eigenvalue weighted by atomic mass is 31.2. The first-order chi connectivity index (χ1) is 46.0. The molecule has 2 atom stereocenters. The van der Waals surface area contributed by atoms with Gasteiger partial charge in [-0.3, -0.25) is 14.2 Å². The van der Waals surface area contributed by atoms with E-state index in [1.54, 1.807) is 0 Å². The smallest absolute Gasteiger partial charge is 0.306 e. The Hall–Kier alpha value is -3.07. The number of unbranched alkanes of at least 4 members (excludes halogenated alkanes) is 44. The zero-order chi connectivity index (χ0) is 68.3. The van der Waals surface area contributed by atoms with Crippen molar-refractivity contribution >= 4 is 19.8 Å². The molecule has 0 heterocycles. The van der Waals surface area contributed by atoms with Crippen molar-refractivity contribution in [3.8, 4) is 0 Å². The minimum absolute atomic E-state index is 0.0306. The molecule has 0 aliphatic rings. The van der Waals surface area contributed by atoms with E-state index in [9.17, 15) is 19.0 Å². The summed E-state index contributed by atoms with van der Waals surface area (Å²) < 4.78 is 34.4. The quantitative estimate of drug-likeness (QED) is 0.0195. The molecular weight excluding hydrogens is 1180 g/mol. The Labute approximate surface area is 583 Å². The van der Waals surface area contributed by atoms with Crippen molar-refractivity contribution in [2.24, 2.45) is 0 Å². The first-order valence-electron chi connectivity index (χ1n) is 39.9. The molecule has 94 heavy (non-hydrogen) atoms. The van der Waals surface area contributed by atoms with E-state index in [0.29, 0.717) is 17.4 Å². The van der Waals surface area contributed by atoms with Gasteiger partial charge in [-0.05, 0) is 96.3 Å². The molecule has 0 bridgehead atoms. The maximum absolute atomic E-state index is 12.9. The van der Waals surface area contributed by atoms with Gasteiger partial charge in [0.1, 0.15) is 19.8 Å². The van der Waals surface area contributed by atoms with Crippen molar-refractivity contribution in [3.05, 3.63) is 97.2 Å². The highest BCUT2D eigenvalue weighted by molar-refractivity contribution is 7.45. The van der Waals surface area contributed by atoms with E-state index in [4.69, 9.17) is 18.5 Å². The van der Waals surface area contributed by atoms with Gasteiger partial charge >= 0.3 is 11.9 Å². The highest BCUT2D eigenvalue weighted by Gasteiger charge is 2.22. The number of allylic oxidation sites excluding steroid dienone is 16. The second kappa shape index (κ2) is 74.2. The number of hydrogen-bond donors (Lipinski definition) is 0. The average molecular weight is 1340 g/mol. The summed E-state index contributed by atoms with van der Waals surface area (Å²) in [7, 11) is 1.18. The summed E-state index contributed by atoms with van der Waals surface area (Å²) in [5.41, 5.74) is 0. The lowest BCUT2D eigenvalue weighted by molar-refractivity contribution is -0.870. The maximum Gasteiger partial charge on any atom is 0.306 e. The molecule has 9 nitrogen and oxygen atoms in total. The molecule has 0 spiro atoms. The molecule has 0 fully saturated rings. The van der Waals surface area contributed by atoms with Gasteiger partial charge in [0, 0.05) is 12.8 Å². The average Bonchev–Trinajstić information content (AvgIpc) is 1.56. The van der Waals surface area contributed by atoms with E-state index >= 15 is 0 Å². The molecule has 0 amide bonds. The van der Waals surface area contributed by atoms with Crippen molar-refractivity contribution in [3.63, 3.8) is 0 Å². The summed E-state index contributed by atoms with van der Waals surface area (Å²) in [6.45, 7) is 4.17. The third kappa shape index (κ3) is 77.9. The van der Waals surface area contributed by atoms with E-state index in [0.717, 1.165) is 83.5 Å². The van der Waals surface area contributed by atoms with Crippen LogP contribution in [-0.2, 0) is 32.7 Å². The largest absolute Gasteiger partial charge is 0.756 e. The Bertz CT molecular complexity index is 1910. The summed E-state index contributed by atoms with van der Waals surface area (Å²) in [6.07, 6.45) is 104. The van der Waals surface area contributed by atoms with Gasteiger partial charge in [0.05, 0.1) is 27.7 Å². The molecule has 0 rings (SSSR count). The summed E-state index contributed by atoms with van der Waals surface area (Å²) >= 11 is 0. The normalized spacial score (nSPS) is 13.6. The molecule has 0 aliphatic heterocycles. The fourth-order valence-electron chi connectivity index (χ4n) is 11.5. The number of hydrogen-bond acceptors (Lipinski definition) is 8. The fraction of sp³-hybridized carbons (Fsp3) is 0.786. The van der Waals surface area contributed by atoms with E-state index in [1.807, 2.05) is 21.1 Å². The predicted octanol–water partition coefficient (Wildman–Crippen LogP) is 26.0. The summed E-state index contributed by atoms with van der Waals surface area (Å²) in [5, 5.41) is 0. The molecular formula is C84H152NO8P. The zero-order valence-corrected chi connectivity index (χ0v) is 63.3. The second-order valence-corrected chi connectivity index (χ2v) is 29.5. The summed E-state index contributed by atoms with van der Waals surface area (Å²) in [6, 6.07) is 0. The lowest BCUT2D eigenvalue weighted by Crippen LogP contribution is -2.37. The topological polar surface area (TPSA) is 111 Å². The van der Waals surface area contributed by atoms with Gasteiger partial charge in [-0.25, -0.2) is 0 Å². The molecule has 2 unspecified atom stereocenters. The van der Waals surface area contributed by atoms with E-state index in [-0.39, 0.29) is 32.0 Å². The molecule has 10 heteroatoms. The highest BCUT2D eigenvalue weighted by Crippen LogP contribution is 2.38. The van der Waals surface area contributed by atoms with Gasteiger partial charge in [-0.2, -0.15) is 0 Å². The van der Waals surface area contributed by atoms with Crippen LogP contribution in [0.4, 0.5) is 0 Å². The zero-order valence-electron chi connectivity index (χ0n) is 62.4. The molecule has 0 aromatic rings. The molecule has 546 valence electrons. The Kier molecular flexibility index (Phi) is 71.7. The third-order valence-electron chi connectivity index (χ3n) is 17.6. The van der Waals surface area contributed by atoms with Crippen LogP contribution in [0.2, 0.25) is 0 Å². The first kappa shape index (κ1) is 90.9. The Morgan fingerprint density at radius 3 is 0.904 bits per heavy atom. The molecule has 0 aromatic carbocycles. The monoisotopic (exact) mass is 1330 g/mol. The van der Waals surface area contributed by atoms with Crippen LogP contribution in [0, 0.1) is 0 Å². The van der Waals surface area contributed by atoms with Crippen molar-refractivity contribution < 1.29 is 42.1 Å². The van der Waals surface area contributed by atoms with Gasteiger partial charge in [-0.1, -0.05) is 361 Å². The number of ether oxygens (including phenoxy) is 2. The number of carbonyl (C=O) groups excluding carboxylic acids is 2. The van der Waals surface area contributed by atoms with Crippen LogP contribution in [-0.4, -0.2) is 70.0 Å². The summed E-state index contributed by atoms with van der Waals surface area (Å²) in [4.78, 5) is 38.2. The number of rotatable bonds is 74. The number of phosphoric ester groups is 1. The molecule has 0 aromatic heterocycles. The van der Waals surface area contributed by atoms with E-state index < -0.39 is 26.5 Å². The number of carbonyl (C=O) groups is 2. The van der Waals surface area contributed by atoms with E-state index in [1.165, 1.54) is 257 Å². The number of esters is 2. The minimum atomic E-state index is -4.65. The fourth-order valence-corrected chi connectivity index (χ4v) is 12.2. The Morgan fingerprint density at radius 1 is 0.340 bits per heavy atom. The van der Waals surface area contributed by atoms with Crippen LogP contribution in [0.5, 0.6) is 0 Å². The summed E-state index contributed by atoms with van der Waals surface area (Å²) in [5.74, 6) is -0.815. The van der Waals surface area contributed by atoms with Crippen molar-refractivity contribution in [1.82, 2.24) is 0 Å². The SMILES string of the molecule is CC/C=C\C/C=C\C/C=C\C/C=C\C/C=C\C/C=C\CCCCCCCCCCCCCCCCCCCCCCC(=O)OC(COC(=O)CCCCCCCCCCCCCCCCCCCCC/C=C\C/C=C\CCCCCCC)COP(=O)([O-])OCC[N+](C)(C)C. The molecule has 0 saturated carbocycles. The van der Waals surface area contributed by atoms with Crippen LogP contribution >= 0.6 is 7.82 Å². The lowest BCUT2D eigenvalue weighted by Gasteiger charge is -2.28. The van der Waals surface area contributed by atoms with Crippen LogP contribution in [0.15, 0.2) is 97.2 Å². The van der Waals surface area contributed by atoms with E-state index in [2.05, 4.69) is 111 Å². The molecule has 0 saturated heterocycles. The first-order valence-corrected chi connectivity index (χ1v) is 41.4. The lowest BCUT2D eigenvalue weighted by atomic mass is 10.0. The van der Waals surface area contributed by atoms with Gasteiger partial charge in [-0.15, -0.1) is 0 Å². The molecule has 0 aliphatic carbocycles. The van der Waals surface area contributed by atoms with Gasteiger partial charge < -0.3 is 27.9 Å². The maximum atomic E-state index is 12.9. The number of likely N-dealkylation sites (N-methyl/N-ethyl adjacent to an activating group) is 1. The van der Waals surface area contributed by atoms with Crippen LogP contribution in [0.1, 0.15) is 373 Å². The predicted molar refractivity (Wildman–Crippen MR) is 406 cm³/mol. The van der Waals surface area contributed by atoms with Gasteiger partial charge in [0.2, 0.25) is 0 Å². The van der Waals surface area contributed by atoms with Crippen molar-refractivity contribution in [1.29, 1.82) is 0 Å². The minimum Gasteiger partial charge on any atom is -0.756 e. The van der Waals surface area contributed by atoms with Crippen molar-refractivity contribution in [2.75, 3.05) is 47.5 Å². The standard InChI is InChI=1S/C84H152NO8P/c1-6-8-10-12-14-16-18-20-22-24-26-28-30-32-34-36-38-39-40-41-42-43-44-45-47-49-51-53-55-57-59-61-63-65-67-69-71-73-75-77-84(87)93-82(81-92-94(88,89)91-79-78-85(3,4)5)80-90-83(86)76-74-72-70-68-66-64-62-60-58-56-54-52-50-48-46-37-35-33-31-29-27-25-23-21-19-17-15-13-11-9-7-2/h8,10,14,16,19-22,25-28,32,34,38-39,82H,6-7,9,11-13,15,17-18,23-24,29-31,33,35-37,40-81H2,1-5H3/b10-8-,16-14-,21-19-,22-20-,27-25-,28-26-,34-32-,39-38-. The van der Waals surface area contributed by atoms with Crippen LogP contribution in [0.25, 0.3) is 0 Å². The number of quaternary nitrogens is 1. The Balaban J connectivity index is 3.94. The van der Waals surface area contributed by atoms with Gasteiger partial charge in [0.25, 0.3) is 7.82 Å². The Morgan fingerprint density at radius 2 is 0.606 bits per heavy atom. The van der Waals surface area contributed by atoms with Crippen LogP contribution < -0.4 is 4.89 Å². The number of nitrogens with zero attached hydrogens (tertiary/aromatic N) is 1. The van der Waals surface area contributed by atoms with Crippen molar-refractivity contribution in [2.45, 2.75) is 380 Å².